The Morgan fingerprint density at radius 1 is 1.18 bits per heavy atom. The van der Waals surface area contributed by atoms with E-state index in [2.05, 4.69) is 43.8 Å². The molecule has 0 aliphatic carbocycles. The fourth-order valence-corrected chi connectivity index (χ4v) is 2.90. The Morgan fingerprint density at radius 2 is 1.95 bits per heavy atom. The van der Waals surface area contributed by atoms with Crippen molar-refractivity contribution in [2.75, 3.05) is 14.2 Å². The first-order chi connectivity index (χ1) is 10.5. The number of carbonyl (C=O) groups excluding carboxylic acids is 1. The summed E-state index contributed by atoms with van der Waals surface area (Å²) < 4.78 is 12.3. The minimum absolute atomic E-state index is 0.129. The third-order valence-electron chi connectivity index (χ3n) is 3.10. The van der Waals surface area contributed by atoms with Gasteiger partial charge in [0.15, 0.2) is 0 Å². The number of benzene rings is 2. The van der Waals surface area contributed by atoms with E-state index in [1.165, 1.54) is 0 Å². The fraction of sp³-hybridized carbons (Fsp3) is 0.188. The lowest BCUT2D eigenvalue weighted by molar-refractivity contribution is 0.0949. The SMILES string of the molecule is COc1ccc(OC)c(CNC(=O)c2cc(Br)ccc2I)c1. The van der Waals surface area contributed by atoms with Crippen LogP contribution in [0.25, 0.3) is 0 Å². The summed E-state index contributed by atoms with van der Waals surface area (Å²) in [5.74, 6) is 1.31. The molecule has 2 rings (SSSR count). The van der Waals surface area contributed by atoms with Crippen molar-refractivity contribution in [3.63, 3.8) is 0 Å². The molecule has 4 nitrogen and oxygen atoms in total. The average Bonchev–Trinajstić information content (AvgIpc) is 2.54. The molecule has 0 aliphatic heterocycles. The Labute approximate surface area is 151 Å². The molecule has 0 fully saturated rings. The molecular formula is C16H15BrINO3. The van der Waals surface area contributed by atoms with Gasteiger partial charge in [0.2, 0.25) is 0 Å². The summed E-state index contributed by atoms with van der Waals surface area (Å²) in [7, 11) is 3.21. The van der Waals surface area contributed by atoms with Gasteiger partial charge in [-0.15, -0.1) is 0 Å². The summed E-state index contributed by atoms with van der Waals surface area (Å²) in [5, 5.41) is 2.91. The molecule has 0 spiro atoms. The summed E-state index contributed by atoms with van der Waals surface area (Å²) in [6, 6.07) is 11.1. The quantitative estimate of drug-likeness (QED) is 0.665. The first kappa shape index (κ1) is 17.1. The highest BCUT2D eigenvalue weighted by Gasteiger charge is 2.12. The second kappa shape index (κ2) is 7.82. The Hall–Kier alpha value is -1.28. The molecule has 116 valence electrons. The van der Waals surface area contributed by atoms with E-state index < -0.39 is 0 Å². The standard InChI is InChI=1S/C16H15BrINO3/c1-21-12-4-6-15(22-2)10(7-12)9-19-16(20)13-8-11(17)3-5-14(13)18/h3-8H,9H2,1-2H3,(H,19,20). The highest BCUT2D eigenvalue weighted by atomic mass is 127. The van der Waals surface area contributed by atoms with Crippen LogP contribution in [-0.2, 0) is 6.54 Å². The van der Waals surface area contributed by atoms with Crippen LogP contribution < -0.4 is 14.8 Å². The van der Waals surface area contributed by atoms with Gasteiger partial charge >= 0.3 is 0 Å². The third kappa shape index (κ3) is 4.13. The number of nitrogens with one attached hydrogen (secondary N) is 1. The van der Waals surface area contributed by atoms with E-state index in [0.717, 1.165) is 19.4 Å². The van der Waals surface area contributed by atoms with Crippen LogP contribution in [0.5, 0.6) is 11.5 Å². The first-order valence-corrected chi connectivity index (χ1v) is 8.36. The van der Waals surface area contributed by atoms with Crippen molar-refractivity contribution in [3.8, 4) is 11.5 Å². The van der Waals surface area contributed by atoms with Crippen LogP contribution in [0.1, 0.15) is 15.9 Å². The Bertz CT molecular complexity index is 691. The van der Waals surface area contributed by atoms with E-state index in [4.69, 9.17) is 9.47 Å². The van der Waals surface area contributed by atoms with Crippen molar-refractivity contribution in [3.05, 3.63) is 55.6 Å². The molecule has 22 heavy (non-hydrogen) atoms. The number of rotatable bonds is 5. The molecule has 0 atom stereocenters. The molecule has 2 aromatic carbocycles. The van der Waals surface area contributed by atoms with Crippen LogP contribution in [-0.4, -0.2) is 20.1 Å². The number of amides is 1. The van der Waals surface area contributed by atoms with Gasteiger partial charge in [-0.25, -0.2) is 0 Å². The number of hydrogen-bond donors (Lipinski definition) is 1. The topological polar surface area (TPSA) is 47.6 Å². The van der Waals surface area contributed by atoms with Gasteiger partial charge in [0, 0.05) is 20.2 Å². The maximum Gasteiger partial charge on any atom is 0.252 e. The largest absolute Gasteiger partial charge is 0.497 e. The van der Waals surface area contributed by atoms with Crippen LogP contribution >= 0.6 is 38.5 Å². The minimum atomic E-state index is -0.129. The van der Waals surface area contributed by atoms with Crippen LogP contribution in [0.2, 0.25) is 0 Å². The Balaban J connectivity index is 2.15. The van der Waals surface area contributed by atoms with E-state index >= 15 is 0 Å². The smallest absolute Gasteiger partial charge is 0.252 e. The Morgan fingerprint density at radius 3 is 2.64 bits per heavy atom. The normalized spacial score (nSPS) is 10.2. The maximum absolute atomic E-state index is 12.3. The number of halogens is 2. The molecule has 0 aliphatic rings. The summed E-state index contributed by atoms with van der Waals surface area (Å²) in [5.41, 5.74) is 1.50. The van der Waals surface area contributed by atoms with Gasteiger partial charge in [-0.05, 0) is 59.0 Å². The van der Waals surface area contributed by atoms with Crippen molar-refractivity contribution < 1.29 is 14.3 Å². The van der Waals surface area contributed by atoms with Crippen molar-refractivity contribution in [1.82, 2.24) is 5.32 Å². The molecular weight excluding hydrogens is 461 g/mol. The lowest BCUT2D eigenvalue weighted by Crippen LogP contribution is -2.24. The molecule has 6 heteroatoms. The monoisotopic (exact) mass is 475 g/mol. The van der Waals surface area contributed by atoms with Crippen LogP contribution in [0.15, 0.2) is 40.9 Å². The number of carbonyl (C=O) groups is 1. The number of ether oxygens (including phenoxy) is 2. The first-order valence-electron chi connectivity index (χ1n) is 6.49. The number of hydrogen-bond acceptors (Lipinski definition) is 3. The number of methoxy groups -OCH3 is 2. The van der Waals surface area contributed by atoms with E-state index in [1.54, 1.807) is 20.3 Å². The zero-order valence-electron chi connectivity index (χ0n) is 12.2. The van der Waals surface area contributed by atoms with E-state index in [9.17, 15) is 4.79 Å². The molecule has 0 aromatic heterocycles. The van der Waals surface area contributed by atoms with Crippen molar-refractivity contribution in [2.45, 2.75) is 6.54 Å². The van der Waals surface area contributed by atoms with Gasteiger partial charge in [-0.3, -0.25) is 4.79 Å². The predicted molar refractivity (Wildman–Crippen MR) is 97.6 cm³/mol. The molecule has 0 unspecified atom stereocenters. The fourth-order valence-electron chi connectivity index (χ4n) is 1.96. The lowest BCUT2D eigenvalue weighted by atomic mass is 10.1. The van der Waals surface area contributed by atoms with Gasteiger partial charge in [0.05, 0.1) is 19.8 Å². The minimum Gasteiger partial charge on any atom is -0.497 e. The van der Waals surface area contributed by atoms with Gasteiger partial charge in [-0.2, -0.15) is 0 Å². The summed E-state index contributed by atoms with van der Waals surface area (Å²) in [6.07, 6.45) is 0. The van der Waals surface area contributed by atoms with E-state index in [-0.39, 0.29) is 5.91 Å². The zero-order valence-corrected chi connectivity index (χ0v) is 15.9. The summed E-state index contributed by atoms with van der Waals surface area (Å²) >= 11 is 5.53. The maximum atomic E-state index is 12.3. The van der Waals surface area contributed by atoms with E-state index in [1.807, 2.05) is 30.3 Å². The van der Waals surface area contributed by atoms with Crippen LogP contribution in [0, 0.1) is 3.57 Å². The van der Waals surface area contributed by atoms with E-state index in [0.29, 0.717) is 17.9 Å². The van der Waals surface area contributed by atoms with Crippen molar-refractivity contribution >= 4 is 44.4 Å². The summed E-state index contributed by atoms with van der Waals surface area (Å²) in [4.78, 5) is 12.3. The molecule has 0 bridgehead atoms. The molecule has 1 amide bonds. The van der Waals surface area contributed by atoms with Crippen molar-refractivity contribution in [2.24, 2.45) is 0 Å². The zero-order chi connectivity index (χ0) is 16.1. The van der Waals surface area contributed by atoms with Gasteiger partial charge in [0.1, 0.15) is 11.5 Å². The predicted octanol–water partition coefficient (Wildman–Crippen LogP) is 4.00. The lowest BCUT2D eigenvalue weighted by Gasteiger charge is -2.12. The second-order valence-electron chi connectivity index (χ2n) is 4.48. The molecule has 2 aromatic rings. The molecule has 1 N–H and O–H groups in total. The van der Waals surface area contributed by atoms with Gasteiger partial charge in [0.25, 0.3) is 5.91 Å². The Kier molecular flexibility index (Phi) is 6.07. The van der Waals surface area contributed by atoms with Crippen LogP contribution in [0.3, 0.4) is 0 Å². The van der Waals surface area contributed by atoms with Crippen LogP contribution in [0.4, 0.5) is 0 Å². The highest BCUT2D eigenvalue weighted by Crippen LogP contribution is 2.24. The highest BCUT2D eigenvalue weighted by molar-refractivity contribution is 14.1. The second-order valence-corrected chi connectivity index (χ2v) is 6.56. The summed E-state index contributed by atoms with van der Waals surface area (Å²) in [6.45, 7) is 0.363. The molecule has 0 heterocycles. The average molecular weight is 476 g/mol. The third-order valence-corrected chi connectivity index (χ3v) is 4.53. The molecule has 0 saturated carbocycles. The van der Waals surface area contributed by atoms with Crippen molar-refractivity contribution in [1.29, 1.82) is 0 Å². The molecule has 0 saturated heterocycles. The van der Waals surface area contributed by atoms with Gasteiger partial charge in [-0.1, -0.05) is 15.9 Å². The van der Waals surface area contributed by atoms with Gasteiger partial charge < -0.3 is 14.8 Å². The molecule has 0 radical (unpaired) electrons.